The van der Waals surface area contributed by atoms with Gasteiger partial charge in [-0.1, -0.05) is 29.5 Å². The summed E-state index contributed by atoms with van der Waals surface area (Å²) >= 11 is 3.02. The summed E-state index contributed by atoms with van der Waals surface area (Å²) in [6.45, 7) is 4.11. The molecule has 0 spiro atoms. The Hall–Kier alpha value is -2.44. The molecule has 0 bridgehead atoms. The maximum Gasteiger partial charge on any atom is 0.345 e. The van der Waals surface area contributed by atoms with E-state index in [2.05, 4.69) is 24.9 Å². The predicted molar refractivity (Wildman–Crippen MR) is 101 cm³/mol. The van der Waals surface area contributed by atoms with E-state index in [1.807, 2.05) is 24.3 Å². The van der Waals surface area contributed by atoms with Crippen molar-refractivity contribution in [1.82, 2.24) is 4.98 Å². The number of nitrogen functional groups attached to an aromatic ring is 1. The van der Waals surface area contributed by atoms with Crippen LogP contribution in [0.5, 0.6) is 0 Å². The zero-order valence-corrected chi connectivity index (χ0v) is 14.8. The SMILES string of the molecule is Cc1cc(-c2nc(N)sc2-c2cc3ccccc3oc2=O)c(C)s1. The van der Waals surface area contributed by atoms with Crippen molar-refractivity contribution in [2.24, 2.45) is 0 Å². The average molecular weight is 354 g/mol. The largest absolute Gasteiger partial charge is 0.422 e. The summed E-state index contributed by atoms with van der Waals surface area (Å²) in [5, 5.41) is 1.32. The number of rotatable bonds is 2. The van der Waals surface area contributed by atoms with Crippen LogP contribution in [0.15, 0.2) is 45.6 Å². The molecule has 0 atom stereocenters. The molecule has 0 aliphatic rings. The van der Waals surface area contributed by atoms with Gasteiger partial charge in [-0.2, -0.15) is 0 Å². The van der Waals surface area contributed by atoms with Gasteiger partial charge in [0.1, 0.15) is 5.58 Å². The highest BCUT2D eigenvalue weighted by molar-refractivity contribution is 7.19. The van der Waals surface area contributed by atoms with Gasteiger partial charge in [0.25, 0.3) is 0 Å². The molecule has 0 amide bonds. The maximum absolute atomic E-state index is 12.5. The van der Waals surface area contributed by atoms with Crippen LogP contribution in [0.2, 0.25) is 0 Å². The van der Waals surface area contributed by atoms with Crippen LogP contribution in [0.1, 0.15) is 9.75 Å². The third-order valence-corrected chi connectivity index (χ3v) is 5.71. The minimum atomic E-state index is -0.372. The molecule has 0 aliphatic carbocycles. The van der Waals surface area contributed by atoms with E-state index < -0.39 is 0 Å². The van der Waals surface area contributed by atoms with Crippen LogP contribution in [0, 0.1) is 13.8 Å². The molecule has 4 aromatic rings. The van der Waals surface area contributed by atoms with E-state index in [0.29, 0.717) is 16.3 Å². The van der Waals surface area contributed by atoms with Crippen LogP contribution in [0.25, 0.3) is 32.7 Å². The maximum atomic E-state index is 12.5. The first-order chi connectivity index (χ1) is 11.5. The normalized spacial score (nSPS) is 11.2. The molecule has 4 rings (SSSR count). The lowest BCUT2D eigenvalue weighted by atomic mass is 10.1. The molecule has 4 nitrogen and oxygen atoms in total. The highest BCUT2D eigenvalue weighted by Crippen LogP contribution is 2.40. The molecule has 0 saturated heterocycles. The number of fused-ring (bicyclic) bond motifs is 1. The molecular formula is C18H14N2O2S2. The molecule has 0 aliphatic heterocycles. The van der Waals surface area contributed by atoms with Crippen LogP contribution in [0.4, 0.5) is 5.13 Å². The zero-order valence-electron chi connectivity index (χ0n) is 13.1. The first-order valence-electron chi connectivity index (χ1n) is 7.40. The van der Waals surface area contributed by atoms with E-state index in [1.54, 1.807) is 17.4 Å². The van der Waals surface area contributed by atoms with Crippen molar-refractivity contribution >= 4 is 38.8 Å². The summed E-state index contributed by atoms with van der Waals surface area (Å²) in [7, 11) is 0. The van der Waals surface area contributed by atoms with Gasteiger partial charge in [0.2, 0.25) is 0 Å². The monoisotopic (exact) mass is 354 g/mol. The van der Waals surface area contributed by atoms with E-state index in [9.17, 15) is 4.79 Å². The lowest BCUT2D eigenvalue weighted by Crippen LogP contribution is -2.02. The predicted octanol–water partition coefficient (Wildman–Crippen LogP) is 4.84. The van der Waals surface area contributed by atoms with E-state index in [0.717, 1.165) is 26.4 Å². The summed E-state index contributed by atoms with van der Waals surface area (Å²) in [6, 6.07) is 11.4. The molecule has 0 saturated carbocycles. The molecule has 1 aromatic carbocycles. The van der Waals surface area contributed by atoms with Gasteiger partial charge in [-0.3, -0.25) is 0 Å². The standard InChI is InChI=1S/C18H14N2O2S2/c1-9-7-12(10(2)23-9)15-16(24-18(19)20-15)13-8-11-5-3-4-6-14(11)22-17(13)21/h3-8H,1-2H3,(H2,19,20). The second kappa shape index (κ2) is 5.58. The van der Waals surface area contributed by atoms with Crippen LogP contribution in [-0.2, 0) is 0 Å². The molecule has 3 heterocycles. The van der Waals surface area contributed by atoms with Gasteiger partial charge in [-0.05, 0) is 32.0 Å². The summed E-state index contributed by atoms with van der Waals surface area (Å²) in [4.78, 5) is 20.1. The van der Waals surface area contributed by atoms with E-state index in [4.69, 9.17) is 10.2 Å². The lowest BCUT2D eigenvalue weighted by Gasteiger charge is -2.03. The minimum absolute atomic E-state index is 0.372. The highest BCUT2D eigenvalue weighted by Gasteiger charge is 2.20. The third-order valence-electron chi connectivity index (χ3n) is 3.83. The Bertz CT molecular complexity index is 1120. The van der Waals surface area contributed by atoms with Gasteiger partial charge in [0, 0.05) is 20.7 Å². The number of anilines is 1. The van der Waals surface area contributed by atoms with Crippen molar-refractivity contribution in [3.63, 3.8) is 0 Å². The van der Waals surface area contributed by atoms with Gasteiger partial charge in [0.05, 0.1) is 16.1 Å². The Labute approximate surface area is 146 Å². The summed E-state index contributed by atoms with van der Waals surface area (Å²) in [5.41, 5.74) is 8.43. The quantitative estimate of drug-likeness (QED) is 0.523. The average Bonchev–Trinajstić information content (AvgIpc) is 3.08. The van der Waals surface area contributed by atoms with Crippen molar-refractivity contribution in [3.8, 4) is 21.7 Å². The number of hydrogen-bond acceptors (Lipinski definition) is 6. The van der Waals surface area contributed by atoms with Crippen LogP contribution >= 0.6 is 22.7 Å². The second-order valence-corrected chi connectivity index (χ2v) is 8.03. The first-order valence-corrected chi connectivity index (χ1v) is 9.03. The van der Waals surface area contributed by atoms with Crippen molar-refractivity contribution < 1.29 is 4.42 Å². The van der Waals surface area contributed by atoms with Crippen molar-refractivity contribution in [2.45, 2.75) is 13.8 Å². The van der Waals surface area contributed by atoms with Crippen molar-refractivity contribution in [3.05, 3.63) is 56.6 Å². The number of aromatic nitrogens is 1. The molecule has 0 fully saturated rings. The Morgan fingerprint density at radius 3 is 2.62 bits per heavy atom. The second-order valence-electron chi connectivity index (χ2n) is 5.54. The van der Waals surface area contributed by atoms with Gasteiger partial charge in [-0.15, -0.1) is 11.3 Å². The summed E-state index contributed by atoms with van der Waals surface area (Å²) < 4.78 is 5.47. The fraction of sp³-hybridized carbons (Fsp3) is 0.111. The molecule has 6 heteroatoms. The number of benzene rings is 1. The number of thiazole rings is 1. The van der Waals surface area contributed by atoms with Crippen LogP contribution < -0.4 is 11.4 Å². The molecule has 24 heavy (non-hydrogen) atoms. The Balaban J connectivity index is 2.00. The van der Waals surface area contributed by atoms with Gasteiger partial charge >= 0.3 is 5.63 Å². The Morgan fingerprint density at radius 1 is 1.08 bits per heavy atom. The topological polar surface area (TPSA) is 69.1 Å². The lowest BCUT2D eigenvalue weighted by molar-refractivity contribution is 0.564. The molecule has 0 unspecified atom stereocenters. The Kier molecular flexibility index (Phi) is 3.51. The minimum Gasteiger partial charge on any atom is -0.422 e. The molecule has 2 N–H and O–H groups in total. The summed E-state index contributed by atoms with van der Waals surface area (Å²) in [6.07, 6.45) is 0. The van der Waals surface area contributed by atoms with Gasteiger partial charge in [-0.25, -0.2) is 9.78 Å². The number of nitrogens with zero attached hydrogens (tertiary/aromatic N) is 1. The fourth-order valence-electron chi connectivity index (χ4n) is 2.79. The zero-order chi connectivity index (χ0) is 16.8. The fourth-order valence-corrected chi connectivity index (χ4v) is 4.56. The molecule has 120 valence electrons. The number of thiophene rings is 1. The van der Waals surface area contributed by atoms with Gasteiger partial charge < -0.3 is 10.2 Å². The van der Waals surface area contributed by atoms with E-state index in [1.165, 1.54) is 16.2 Å². The number of hydrogen-bond donors (Lipinski definition) is 1. The highest BCUT2D eigenvalue weighted by atomic mass is 32.1. The number of aryl methyl sites for hydroxylation is 2. The number of nitrogens with two attached hydrogens (primary N) is 1. The number of para-hydroxylation sites is 1. The van der Waals surface area contributed by atoms with E-state index >= 15 is 0 Å². The molecular weight excluding hydrogens is 340 g/mol. The molecule has 0 radical (unpaired) electrons. The molecule has 3 aromatic heterocycles. The van der Waals surface area contributed by atoms with E-state index in [-0.39, 0.29) is 5.63 Å². The van der Waals surface area contributed by atoms with Crippen molar-refractivity contribution in [1.29, 1.82) is 0 Å². The van der Waals surface area contributed by atoms with Crippen LogP contribution in [-0.4, -0.2) is 4.98 Å². The third kappa shape index (κ3) is 2.44. The Morgan fingerprint density at radius 2 is 1.88 bits per heavy atom. The van der Waals surface area contributed by atoms with Gasteiger partial charge in [0.15, 0.2) is 5.13 Å². The summed E-state index contributed by atoms with van der Waals surface area (Å²) in [5.74, 6) is 0. The first kappa shape index (κ1) is 15.1. The van der Waals surface area contributed by atoms with Crippen LogP contribution in [0.3, 0.4) is 0 Å². The smallest absolute Gasteiger partial charge is 0.345 e. The van der Waals surface area contributed by atoms with Crippen molar-refractivity contribution in [2.75, 3.05) is 5.73 Å².